The van der Waals surface area contributed by atoms with Gasteiger partial charge in [0.2, 0.25) is 5.91 Å². The molecule has 2 aromatic rings. The van der Waals surface area contributed by atoms with Crippen LogP contribution < -0.4 is 4.90 Å². The highest BCUT2D eigenvalue weighted by molar-refractivity contribution is 6.30. The summed E-state index contributed by atoms with van der Waals surface area (Å²) < 4.78 is 0. The molecule has 2 aliphatic heterocycles. The molecule has 2 bridgehead atoms. The largest absolute Gasteiger partial charge is 0.315 e. The van der Waals surface area contributed by atoms with Gasteiger partial charge in [0.05, 0.1) is 5.92 Å². The van der Waals surface area contributed by atoms with Crippen molar-refractivity contribution in [2.24, 2.45) is 5.92 Å². The fourth-order valence-corrected chi connectivity index (χ4v) is 4.98. The van der Waals surface area contributed by atoms with Gasteiger partial charge in [-0.25, -0.2) is 0 Å². The lowest BCUT2D eigenvalue weighted by Gasteiger charge is -2.43. The Bertz CT molecular complexity index is 776. The number of benzene rings is 2. The van der Waals surface area contributed by atoms with Gasteiger partial charge in [0.25, 0.3) is 0 Å². The van der Waals surface area contributed by atoms with Crippen molar-refractivity contribution in [3.63, 3.8) is 0 Å². The summed E-state index contributed by atoms with van der Waals surface area (Å²) in [5.41, 5.74) is 2.19. The number of fused-ring (bicyclic) bond motifs is 2. The molecular weight excluding hydrogens is 344 g/mol. The number of carbonyl (C=O) groups excluding carboxylic acids is 1. The summed E-state index contributed by atoms with van der Waals surface area (Å²) in [6.07, 6.45) is 3.32. The standard InChI is InChI=1S/C22H25ClN2O/c1-24-18-12-13-20(24)21(19(14-18)15-8-10-16(23)11-9-15)22(26)25(2)17-6-4-3-5-7-17/h3-11,18-21H,12-14H2,1-2H3/t18-,19-,20?,21?/m1/s1. The van der Waals surface area contributed by atoms with Crippen molar-refractivity contribution in [3.8, 4) is 0 Å². The summed E-state index contributed by atoms with van der Waals surface area (Å²) in [4.78, 5) is 17.8. The van der Waals surface area contributed by atoms with E-state index in [4.69, 9.17) is 11.6 Å². The van der Waals surface area contributed by atoms with E-state index in [2.05, 4.69) is 24.1 Å². The van der Waals surface area contributed by atoms with E-state index >= 15 is 0 Å². The maximum atomic E-state index is 13.6. The summed E-state index contributed by atoms with van der Waals surface area (Å²) in [6.45, 7) is 0. The number of hydrogen-bond acceptors (Lipinski definition) is 2. The van der Waals surface area contributed by atoms with Gasteiger partial charge in [-0.15, -0.1) is 0 Å². The van der Waals surface area contributed by atoms with Crippen LogP contribution >= 0.6 is 11.6 Å². The smallest absolute Gasteiger partial charge is 0.232 e. The van der Waals surface area contributed by atoms with Gasteiger partial charge >= 0.3 is 0 Å². The first-order chi connectivity index (χ1) is 12.6. The van der Waals surface area contributed by atoms with E-state index in [1.807, 2.05) is 54.4 Å². The second-order valence-corrected chi connectivity index (χ2v) is 8.05. The maximum Gasteiger partial charge on any atom is 0.232 e. The monoisotopic (exact) mass is 368 g/mol. The lowest BCUT2D eigenvalue weighted by Crippen LogP contribution is -2.52. The predicted octanol–water partition coefficient (Wildman–Crippen LogP) is 4.57. The SMILES string of the molecule is CN(C(=O)C1C2CC[C@H](C[C@@H]1c1ccc(Cl)cc1)N2C)c1ccccc1. The van der Waals surface area contributed by atoms with E-state index in [1.165, 1.54) is 12.0 Å². The number of amides is 1. The zero-order valence-electron chi connectivity index (χ0n) is 15.3. The Morgan fingerprint density at radius 3 is 2.46 bits per heavy atom. The van der Waals surface area contributed by atoms with Crippen LogP contribution in [0.15, 0.2) is 54.6 Å². The van der Waals surface area contributed by atoms with E-state index in [0.29, 0.717) is 12.1 Å². The second kappa shape index (κ2) is 7.05. The highest BCUT2D eigenvalue weighted by Gasteiger charge is 2.49. The molecule has 2 unspecified atom stereocenters. The molecule has 2 saturated heterocycles. The minimum Gasteiger partial charge on any atom is -0.315 e. The summed E-state index contributed by atoms with van der Waals surface area (Å²) in [5.74, 6) is 0.443. The molecule has 0 radical (unpaired) electrons. The molecule has 4 atom stereocenters. The third-order valence-corrected chi connectivity index (χ3v) is 6.58. The maximum absolute atomic E-state index is 13.6. The molecule has 4 rings (SSSR count). The summed E-state index contributed by atoms with van der Waals surface area (Å²) in [5, 5.41) is 0.744. The fraction of sp³-hybridized carbons (Fsp3) is 0.409. The zero-order chi connectivity index (χ0) is 18.3. The van der Waals surface area contributed by atoms with Crippen LogP contribution in [0.4, 0.5) is 5.69 Å². The van der Waals surface area contributed by atoms with Crippen molar-refractivity contribution >= 4 is 23.2 Å². The van der Waals surface area contributed by atoms with Crippen molar-refractivity contribution < 1.29 is 4.79 Å². The van der Waals surface area contributed by atoms with Gasteiger partial charge < -0.3 is 4.90 Å². The number of para-hydroxylation sites is 1. The van der Waals surface area contributed by atoms with Crippen LogP contribution in [0.2, 0.25) is 5.02 Å². The summed E-state index contributed by atoms with van der Waals surface area (Å²) in [6, 6.07) is 18.9. The molecule has 0 aromatic heterocycles. The molecule has 2 aromatic carbocycles. The number of anilines is 1. The van der Waals surface area contributed by atoms with Gasteiger partial charge in [0, 0.05) is 29.8 Å². The molecule has 2 fully saturated rings. The Morgan fingerprint density at radius 2 is 1.77 bits per heavy atom. The Kier molecular flexibility index (Phi) is 4.76. The molecule has 4 heteroatoms. The predicted molar refractivity (Wildman–Crippen MR) is 107 cm³/mol. The van der Waals surface area contributed by atoms with Crippen LogP contribution in [0.25, 0.3) is 0 Å². The molecular formula is C22H25ClN2O. The molecule has 2 aliphatic rings. The Balaban J connectivity index is 1.69. The number of nitrogens with zero attached hydrogens (tertiary/aromatic N) is 2. The Hall–Kier alpha value is -1.84. The lowest BCUT2D eigenvalue weighted by molar-refractivity contribution is -0.126. The number of carbonyl (C=O) groups is 1. The van der Waals surface area contributed by atoms with Crippen molar-refractivity contribution in [3.05, 3.63) is 65.2 Å². The second-order valence-electron chi connectivity index (χ2n) is 7.62. The highest BCUT2D eigenvalue weighted by Crippen LogP contribution is 2.47. The van der Waals surface area contributed by atoms with E-state index in [0.717, 1.165) is 23.6 Å². The normalized spacial score (nSPS) is 28.1. The van der Waals surface area contributed by atoms with Crippen molar-refractivity contribution in [2.75, 3.05) is 19.0 Å². The van der Waals surface area contributed by atoms with Crippen LogP contribution in [0.5, 0.6) is 0 Å². The van der Waals surface area contributed by atoms with Crippen LogP contribution in [-0.2, 0) is 4.79 Å². The van der Waals surface area contributed by atoms with Crippen LogP contribution in [-0.4, -0.2) is 37.0 Å². The molecule has 26 heavy (non-hydrogen) atoms. The molecule has 0 saturated carbocycles. The van der Waals surface area contributed by atoms with Crippen LogP contribution in [0, 0.1) is 5.92 Å². The Morgan fingerprint density at radius 1 is 1.08 bits per heavy atom. The van der Waals surface area contributed by atoms with E-state index in [1.54, 1.807) is 0 Å². The van der Waals surface area contributed by atoms with Gasteiger partial charge in [0.15, 0.2) is 0 Å². The van der Waals surface area contributed by atoms with Crippen LogP contribution in [0.3, 0.4) is 0 Å². The molecule has 0 N–H and O–H groups in total. The molecule has 0 aliphatic carbocycles. The number of hydrogen-bond donors (Lipinski definition) is 0. The highest BCUT2D eigenvalue weighted by atomic mass is 35.5. The van der Waals surface area contributed by atoms with Crippen molar-refractivity contribution in [2.45, 2.75) is 37.3 Å². The average molecular weight is 369 g/mol. The quantitative estimate of drug-likeness (QED) is 0.792. The van der Waals surface area contributed by atoms with Gasteiger partial charge in [0.1, 0.15) is 0 Å². The molecule has 0 spiro atoms. The van der Waals surface area contributed by atoms with Gasteiger partial charge in [-0.3, -0.25) is 9.69 Å². The minimum atomic E-state index is -0.0230. The molecule has 2 heterocycles. The van der Waals surface area contributed by atoms with Crippen LogP contribution in [0.1, 0.15) is 30.7 Å². The van der Waals surface area contributed by atoms with Gasteiger partial charge in [-0.1, -0.05) is 41.9 Å². The topological polar surface area (TPSA) is 23.6 Å². The van der Waals surface area contributed by atoms with Gasteiger partial charge in [-0.2, -0.15) is 0 Å². The first kappa shape index (κ1) is 17.6. The fourth-order valence-electron chi connectivity index (χ4n) is 4.86. The number of piperidine rings is 1. The van der Waals surface area contributed by atoms with E-state index in [-0.39, 0.29) is 17.7 Å². The van der Waals surface area contributed by atoms with Crippen molar-refractivity contribution in [1.29, 1.82) is 0 Å². The first-order valence-electron chi connectivity index (χ1n) is 9.36. The van der Waals surface area contributed by atoms with Crippen molar-refractivity contribution in [1.82, 2.24) is 4.90 Å². The Labute approximate surface area is 160 Å². The number of halogens is 1. The van der Waals surface area contributed by atoms with E-state index < -0.39 is 0 Å². The molecule has 136 valence electrons. The first-order valence-corrected chi connectivity index (χ1v) is 9.74. The third-order valence-electron chi connectivity index (χ3n) is 6.33. The summed E-state index contributed by atoms with van der Waals surface area (Å²) in [7, 11) is 4.08. The van der Waals surface area contributed by atoms with Gasteiger partial charge in [-0.05, 0) is 62.1 Å². The number of rotatable bonds is 3. The average Bonchev–Trinajstić information content (AvgIpc) is 2.91. The lowest BCUT2D eigenvalue weighted by atomic mass is 9.75. The molecule has 3 nitrogen and oxygen atoms in total. The molecule has 1 amide bonds. The third kappa shape index (κ3) is 3.04. The summed E-state index contributed by atoms with van der Waals surface area (Å²) >= 11 is 6.09. The minimum absolute atomic E-state index is 0.0230. The van der Waals surface area contributed by atoms with E-state index in [9.17, 15) is 4.79 Å². The zero-order valence-corrected chi connectivity index (χ0v) is 16.1.